The van der Waals surface area contributed by atoms with Crippen LogP contribution >= 0.6 is 0 Å². The van der Waals surface area contributed by atoms with Crippen molar-refractivity contribution in [2.24, 2.45) is 0 Å². The molecule has 1 atom stereocenters. The maximum Gasteiger partial charge on any atom is 0.241 e. The average Bonchev–Trinajstić information content (AvgIpc) is 2.93. The minimum absolute atomic E-state index is 0.0539. The topological polar surface area (TPSA) is 59.0 Å². The van der Waals surface area contributed by atoms with Crippen molar-refractivity contribution in [2.75, 3.05) is 12.4 Å². The van der Waals surface area contributed by atoms with Gasteiger partial charge in [0.05, 0.1) is 11.9 Å². The third-order valence-electron chi connectivity index (χ3n) is 3.34. The molecule has 112 valence electrons. The molecule has 1 unspecified atom stereocenters. The van der Waals surface area contributed by atoms with Gasteiger partial charge in [0.1, 0.15) is 6.54 Å². The van der Waals surface area contributed by atoms with Crippen LogP contribution in [-0.4, -0.2) is 28.8 Å². The van der Waals surface area contributed by atoms with Crippen LogP contribution < -0.4 is 10.6 Å². The van der Waals surface area contributed by atoms with Crippen molar-refractivity contribution in [2.45, 2.75) is 32.4 Å². The van der Waals surface area contributed by atoms with Crippen LogP contribution in [0.1, 0.15) is 18.9 Å². The number of nitrogens with one attached hydrogen (secondary N) is 2. The van der Waals surface area contributed by atoms with E-state index in [4.69, 9.17) is 0 Å². The number of benzene rings is 1. The summed E-state index contributed by atoms with van der Waals surface area (Å²) in [5, 5.41) is 10.2. The predicted octanol–water partition coefficient (Wildman–Crippen LogP) is 2.06. The number of likely N-dealkylation sites (N-methyl/N-ethyl adjacent to an activating group) is 1. The number of amides is 1. The van der Waals surface area contributed by atoms with Gasteiger partial charge < -0.3 is 10.6 Å². The van der Waals surface area contributed by atoms with E-state index in [0.29, 0.717) is 6.04 Å². The van der Waals surface area contributed by atoms with Gasteiger partial charge in [-0.25, -0.2) is 0 Å². The zero-order valence-electron chi connectivity index (χ0n) is 12.5. The normalized spacial score (nSPS) is 11.9. The third-order valence-corrected chi connectivity index (χ3v) is 3.34. The lowest BCUT2D eigenvalue weighted by Crippen LogP contribution is -2.23. The molecule has 0 saturated heterocycles. The summed E-state index contributed by atoms with van der Waals surface area (Å²) in [6.45, 7) is 2.40. The number of carbonyl (C=O) groups is 1. The maximum absolute atomic E-state index is 11.3. The molecule has 2 N–H and O–H groups in total. The van der Waals surface area contributed by atoms with E-state index < -0.39 is 0 Å². The quantitative estimate of drug-likeness (QED) is 0.819. The second kappa shape index (κ2) is 7.47. The summed E-state index contributed by atoms with van der Waals surface area (Å²) in [6, 6.07) is 10.8. The molecule has 0 spiro atoms. The van der Waals surface area contributed by atoms with Crippen LogP contribution in [0.3, 0.4) is 0 Å². The minimum Gasteiger partial charge on any atom is -0.380 e. The highest BCUT2D eigenvalue weighted by Crippen LogP contribution is 2.11. The standard InChI is InChI=1S/C16H22N4O/c1-13(8-9-14-6-4-3-5-7-14)19-15-10-18-20(11-15)12-16(21)17-2/h3-7,10-11,13,19H,8-9,12H2,1-2H3,(H,17,21). The molecule has 1 aromatic heterocycles. The van der Waals surface area contributed by atoms with Crippen LogP contribution in [0.4, 0.5) is 5.69 Å². The Morgan fingerprint density at radius 3 is 2.81 bits per heavy atom. The fraction of sp³-hybridized carbons (Fsp3) is 0.375. The molecule has 0 aliphatic carbocycles. The summed E-state index contributed by atoms with van der Waals surface area (Å²) in [7, 11) is 1.62. The number of carbonyl (C=O) groups excluding carboxylic acids is 1. The Kier molecular flexibility index (Phi) is 5.37. The first-order chi connectivity index (χ1) is 10.2. The van der Waals surface area contributed by atoms with Gasteiger partial charge in [0, 0.05) is 19.3 Å². The maximum atomic E-state index is 11.3. The highest BCUT2D eigenvalue weighted by Gasteiger charge is 2.06. The number of hydrogen-bond donors (Lipinski definition) is 2. The van der Waals surface area contributed by atoms with E-state index >= 15 is 0 Å². The van der Waals surface area contributed by atoms with Crippen molar-refractivity contribution in [1.29, 1.82) is 0 Å². The number of aryl methyl sites for hydroxylation is 1. The van der Waals surface area contributed by atoms with Crippen molar-refractivity contribution in [3.8, 4) is 0 Å². The Balaban J connectivity index is 1.80. The van der Waals surface area contributed by atoms with Gasteiger partial charge in [-0.15, -0.1) is 0 Å². The van der Waals surface area contributed by atoms with Gasteiger partial charge in [-0.3, -0.25) is 9.48 Å². The first kappa shape index (κ1) is 15.1. The molecule has 0 radical (unpaired) electrons. The van der Waals surface area contributed by atoms with E-state index in [1.54, 1.807) is 17.9 Å². The number of rotatable bonds is 7. The molecule has 1 heterocycles. The second-order valence-electron chi connectivity index (χ2n) is 5.17. The zero-order chi connectivity index (χ0) is 15.1. The molecule has 0 aliphatic heterocycles. The van der Waals surface area contributed by atoms with Gasteiger partial charge in [0.25, 0.3) is 0 Å². The van der Waals surface area contributed by atoms with Crippen LogP contribution in [0.2, 0.25) is 0 Å². The fourth-order valence-corrected chi connectivity index (χ4v) is 2.14. The van der Waals surface area contributed by atoms with Crippen LogP contribution in [0, 0.1) is 0 Å². The molecule has 5 heteroatoms. The first-order valence-corrected chi connectivity index (χ1v) is 7.21. The summed E-state index contributed by atoms with van der Waals surface area (Å²) < 4.78 is 1.63. The smallest absolute Gasteiger partial charge is 0.241 e. The molecule has 5 nitrogen and oxygen atoms in total. The molecule has 1 aromatic carbocycles. The Hall–Kier alpha value is -2.30. The lowest BCUT2D eigenvalue weighted by atomic mass is 10.1. The highest BCUT2D eigenvalue weighted by molar-refractivity contribution is 5.75. The summed E-state index contributed by atoms with van der Waals surface area (Å²) in [5.74, 6) is -0.0539. The summed E-state index contributed by atoms with van der Waals surface area (Å²) in [5.41, 5.74) is 2.29. The number of anilines is 1. The van der Waals surface area contributed by atoms with Crippen molar-refractivity contribution >= 4 is 11.6 Å². The lowest BCUT2D eigenvalue weighted by Gasteiger charge is -2.13. The largest absolute Gasteiger partial charge is 0.380 e. The van der Waals surface area contributed by atoms with E-state index in [1.165, 1.54) is 5.56 Å². The number of hydrogen-bond acceptors (Lipinski definition) is 3. The molecule has 2 rings (SSSR count). The predicted molar refractivity (Wildman–Crippen MR) is 84.1 cm³/mol. The van der Waals surface area contributed by atoms with Gasteiger partial charge in [0.15, 0.2) is 0 Å². The molecular formula is C16H22N4O. The summed E-state index contributed by atoms with van der Waals surface area (Å²) in [6.07, 6.45) is 5.70. The molecule has 21 heavy (non-hydrogen) atoms. The number of aromatic nitrogens is 2. The monoisotopic (exact) mass is 286 g/mol. The van der Waals surface area contributed by atoms with Gasteiger partial charge in [-0.2, -0.15) is 5.10 Å². The van der Waals surface area contributed by atoms with Gasteiger partial charge in [0.2, 0.25) is 5.91 Å². The van der Waals surface area contributed by atoms with Crippen LogP contribution in [-0.2, 0) is 17.8 Å². The Labute approximate surface area is 125 Å². The minimum atomic E-state index is -0.0539. The van der Waals surface area contributed by atoms with Gasteiger partial charge >= 0.3 is 0 Å². The molecule has 0 aliphatic rings. The lowest BCUT2D eigenvalue weighted by molar-refractivity contribution is -0.121. The Morgan fingerprint density at radius 2 is 2.10 bits per heavy atom. The molecule has 2 aromatic rings. The SMILES string of the molecule is CNC(=O)Cn1cc(NC(C)CCc2ccccc2)cn1. The second-order valence-corrected chi connectivity index (χ2v) is 5.17. The van der Waals surface area contributed by atoms with Crippen molar-refractivity contribution < 1.29 is 4.79 Å². The molecular weight excluding hydrogens is 264 g/mol. The highest BCUT2D eigenvalue weighted by atomic mass is 16.1. The molecule has 0 bridgehead atoms. The van der Waals surface area contributed by atoms with Crippen LogP contribution in [0.5, 0.6) is 0 Å². The first-order valence-electron chi connectivity index (χ1n) is 7.21. The van der Waals surface area contributed by atoms with Gasteiger partial charge in [-0.05, 0) is 25.3 Å². The fourth-order valence-electron chi connectivity index (χ4n) is 2.14. The van der Waals surface area contributed by atoms with Crippen LogP contribution in [0.15, 0.2) is 42.7 Å². The van der Waals surface area contributed by atoms with E-state index in [1.807, 2.05) is 12.3 Å². The molecule has 0 fully saturated rings. The van der Waals surface area contributed by atoms with E-state index in [9.17, 15) is 4.79 Å². The van der Waals surface area contributed by atoms with E-state index in [2.05, 4.69) is 46.9 Å². The zero-order valence-corrected chi connectivity index (χ0v) is 12.5. The Morgan fingerprint density at radius 1 is 1.33 bits per heavy atom. The van der Waals surface area contributed by atoms with Crippen molar-refractivity contribution in [3.05, 3.63) is 48.3 Å². The van der Waals surface area contributed by atoms with E-state index in [0.717, 1.165) is 18.5 Å². The number of nitrogens with zero attached hydrogens (tertiary/aromatic N) is 2. The van der Waals surface area contributed by atoms with Crippen LogP contribution in [0.25, 0.3) is 0 Å². The van der Waals surface area contributed by atoms with E-state index in [-0.39, 0.29) is 12.5 Å². The third kappa shape index (κ3) is 4.95. The van der Waals surface area contributed by atoms with Crippen molar-refractivity contribution in [1.82, 2.24) is 15.1 Å². The summed E-state index contributed by atoms with van der Waals surface area (Å²) in [4.78, 5) is 11.3. The van der Waals surface area contributed by atoms with Gasteiger partial charge in [-0.1, -0.05) is 30.3 Å². The Bertz CT molecular complexity index is 565. The summed E-state index contributed by atoms with van der Waals surface area (Å²) >= 11 is 0. The molecule has 1 amide bonds. The average molecular weight is 286 g/mol. The molecule has 0 saturated carbocycles. The van der Waals surface area contributed by atoms with Crippen molar-refractivity contribution in [3.63, 3.8) is 0 Å².